The predicted molar refractivity (Wildman–Crippen MR) is 75.0 cm³/mol. The van der Waals surface area contributed by atoms with Crippen LogP contribution in [-0.4, -0.2) is 41.7 Å². The quantitative estimate of drug-likeness (QED) is 0.878. The average molecular weight is 283 g/mol. The number of aliphatic hydroxyl groups excluding tert-OH is 1. The maximum atomic E-state index is 11.8. The Morgan fingerprint density at radius 3 is 2.58 bits per heavy atom. The summed E-state index contributed by atoms with van der Waals surface area (Å²) in [5.74, 6) is 0.0198. The summed E-state index contributed by atoms with van der Waals surface area (Å²) >= 11 is 5.80. The number of piperidine rings is 1. The van der Waals surface area contributed by atoms with Crippen molar-refractivity contribution in [2.24, 2.45) is 0 Å². The van der Waals surface area contributed by atoms with Crippen LogP contribution in [0.1, 0.15) is 18.4 Å². The minimum Gasteiger partial charge on any atom is -0.393 e. The molecule has 0 saturated carbocycles. The topological polar surface area (TPSA) is 52.6 Å². The number of amides is 1. The van der Waals surface area contributed by atoms with Gasteiger partial charge in [-0.25, -0.2) is 0 Å². The second-order valence-electron chi connectivity index (χ2n) is 4.91. The maximum absolute atomic E-state index is 11.8. The lowest BCUT2D eigenvalue weighted by Crippen LogP contribution is -2.42. The van der Waals surface area contributed by atoms with Crippen molar-refractivity contribution >= 4 is 17.5 Å². The van der Waals surface area contributed by atoms with Gasteiger partial charge >= 0.3 is 0 Å². The van der Waals surface area contributed by atoms with E-state index >= 15 is 0 Å². The van der Waals surface area contributed by atoms with Gasteiger partial charge in [-0.2, -0.15) is 0 Å². The van der Waals surface area contributed by atoms with E-state index < -0.39 is 0 Å². The van der Waals surface area contributed by atoms with Crippen molar-refractivity contribution in [3.05, 3.63) is 34.9 Å². The number of nitrogens with zero attached hydrogens (tertiary/aromatic N) is 1. The van der Waals surface area contributed by atoms with Gasteiger partial charge in [0.1, 0.15) is 0 Å². The van der Waals surface area contributed by atoms with E-state index in [2.05, 4.69) is 10.2 Å². The largest absolute Gasteiger partial charge is 0.393 e. The zero-order chi connectivity index (χ0) is 13.7. The van der Waals surface area contributed by atoms with Gasteiger partial charge in [0.2, 0.25) is 5.91 Å². The van der Waals surface area contributed by atoms with Crippen molar-refractivity contribution in [1.82, 2.24) is 10.2 Å². The summed E-state index contributed by atoms with van der Waals surface area (Å²) in [7, 11) is 0. The van der Waals surface area contributed by atoms with E-state index in [4.69, 9.17) is 11.6 Å². The lowest BCUT2D eigenvalue weighted by Gasteiger charge is -2.28. The Morgan fingerprint density at radius 2 is 1.95 bits per heavy atom. The molecule has 0 aliphatic carbocycles. The summed E-state index contributed by atoms with van der Waals surface area (Å²) < 4.78 is 0. The first-order chi connectivity index (χ1) is 9.13. The predicted octanol–water partition coefficient (Wildman–Crippen LogP) is 1.41. The molecule has 0 radical (unpaired) electrons. The van der Waals surface area contributed by atoms with Crippen LogP contribution in [0.4, 0.5) is 0 Å². The number of nitrogens with one attached hydrogen (secondary N) is 1. The Balaban J connectivity index is 1.71. The summed E-state index contributed by atoms with van der Waals surface area (Å²) in [6, 6.07) is 7.43. The monoisotopic (exact) mass is 282 g/mol. The van der Waals surface area contributed by atoms with Gasteiger partial charge in [0.05, 0.1) is 12.6 Å². The number of benzene rings is 1. The van der Waals surface area contributed by atoms with Gasteiger partial charge in [-0.05, 0) is 30.5 Å². The van der Waals surface area contributed by atoms with Crippen molar-refractivity contribution < 1.29 is 9.90 Å². The van der Waals surface area contributed by atoms with Crippen LogP contribution in [0.15, 0.2) is 24.3 Å². The molecule has 0 aromatic heterocycles. The molecule has 19 heavy (non-hydrogen) atoms. The minimum absolute atomic E-state index is 0.0198. The van der Waals surface area contributed by atoms with E-state index in [9.17, 15) is 9.90 Å². The molecule has 0 unspecified atom stereocenters. The second-order valence-corrected chi connectivity index (χ2v) is 5.35. The molecule has 1 aromatic rings. The normalized spacial score (nSPS) is 17.4. The van der Waals surface area contributed by atoms with Crippen molar-refractivity contribution in [3.8, 4) is 0 Å². The zero-order valence-corrected chi connectivity index (χ0v) is 11.6. The first-order valence-corrected chi connectivity index (χ1v) is 6.93. The number of hydrogen-bond donors (Lipinski definition) is 2. The Hall–Kier alpha value is -1.10. The fourth-order valence-corrected chi connectivity index (χ4v) is 2.27. The Kier molecular flexibility index (Phi) is 5.19. The van der Waals surface area contributed by atoms with Crippen molar-refractivity contribution in [2.45, 2.75) is 25.5 Å². The lowest BCUT2D eigenvalue weighted by atomic mass is 10.1. The molecular formula is C14H19ClN2O2. The number of carbonyl (C=O) groups is 1. The van der Waals surface area contributed by atoms with E-state index in [-0.39, 0.29) is 12.0 Å². The minimum atomic E-state index is -0.201. The van der Waals surface area contributed by atoms with E-state index in [0.29, 0.717) is 18.1 Å². The fraction of sp³-hybridized carbons (Fsp3) is 0.500. The molecule has 2 N–H and O–H groups in total. The first kappa shape index (κ1) is 14.3. The molecule has 0 bridgehead atoms. The molecule has 1 fully saturated rings. The summed E-state index contributed by atoms with van der Waals surface area (Å²) in [6.07, 6.45) is 1.31. The fourth-order valence-electron chi connectivity index (χ4n) is 2.14. The SMILES string of the molecule is O=C(CN1CCC(O)CC1)NCc1ccc(Cl)cc1. The molecule has 1 amide bonds. The highest BCUT2D eigenvalue weighted by atomic mass is 35.5. The van der Waals surface area contributed by atoms with E-state index in [1.54, 1.807) is 0 Å². The summed E-state index contributed by atoms with van der Waals surface area (Å²) in [4.78, 5) is 13.9. The van der Waals surface area contributed by atoms with Crippen LogP contribution in [0, 0.1) is 0 Å². The molecule has 104 valence electrons. The molecule has 2 rings (SSSR count). The van der Waals surface area contributed by atoms with E-state index in [1.807, 2.05) is 24.3 Å². The van der Waals surface area contributed by atoms with Crippen LogP contribution in [0.2, 0.25) is 5.02 Å². The van der Waals surface area contributed by atoms with Crippen LogP contribution in [-0.2, 0) is 11.3 Å². The average Bonchev–Trinajstić information content (AvgIpc) is 2.41. The Bertz CT molecular complexity index is 414. The third-order valence-corrected chi connectivity index (χ3v) is 3.58. The third-order valence-electron chi connectivity index (χ3n) is 3.33. The summed E-state index contributed by atoms with van der Waals surface area (Å²) in [5, 5.41) is 13.0. The number of hydrogen-bond acceptors (Lipinski definition) is 3. The van der Waals surface area contributed by atoms with Gasteiger partial charge in [0.25, 0.3) is 0 Å². The molecule has 1 saturated heterocycles. The molecule has 0 atom stereocenters. The van der Waals surface area contributed by atoms with Gasteiger partial charge in [-0.15, -0.1) is 0 Å². The standard InChI is InChI=1S/C14H19ClN2O2/c15-12-3-1-11(2-4-12)9-16-14(19)10-17-7-5-13(18)6-8-17/h1-4,13,18H,5-10H2,(H,16,19). The number of halogens is 1. The Morgan fingerprint density at radius 1 is 1.32 bits per heavy atom. The van der Waals surface area contributed by atoms with Crippen LogP contribution in [0.3, 0.4) is 0 Å². The number of carbonyl (C=O) groups excluding carboxylic acids is 1. The first-order valence-electron chi connectivity index (χ1n) is 6.55. The highest BCUT2D eigenvalue weighted by Crippen LogP contribution is 2.10. The third kappa shape index (κ3) is 4.82. The van der Waals surface area contributed by atoms with Gasteiger partial charge in [-0.3, -0.25) is 9.69 Å². The van der Waals surface area contributed by atoms with Crippen molar-refractivity contribution in [1.29, 1.82) is 0 Å². The molecule has 1 heterocycles. The highest BCUT2D eigenvalue weighted by Gasteiger charge is 2.18. The number of aliphatic hydroxyl groups is 1. The zero-order valence-electron chi connectivity index (χ0n) is 10.8. The summed E-state index contributed by atoms with van der Waals surface area (Å²) in [6.45, 7) is 2.50. The molecular weight excluding hydrogens is 264 g/mol. The van der Waals surface area contributed by atoms with Crippen LogP contribution >= 0.6 is 11.6 Å². The van der Waals surface area contributed by atoms with E-state index in [1.165, 1.54) is 0 Å². The van der Waals surface area contributed by atoms with Gasteiger partial charge in [-0.1, -0.05) is 23.7 Å². The highest BCUT2D eigenvalue weighted by molar-refractivity contribution is 6.30. The molecule has 5 heteroatoms. The van der Waals surface area contributed by atoms with Gasteiger partial charge < -0.3 is 10.4 Å². The number of rotatable bonds is 4. The Labute approximate surface area is 118 Å². The maximum Gasteiger partial charge on any atom is 0.234 e. The van der Waals surface area contributed by atoms with Gasteiger partial charge in [0.15, 0.2) is 0 Å². The van der Waals surface area contributed by atoms with Crippen LogP contribution in [0.25, 0.3) is 0 Å². The molecule has 1 aromatic carbocycles. The van der Waals surface area contributed by atoms with Crippen molar-refractivity contribution in [2.75, 3.05) is 19.6 Å². The van der Waals surface area contributed by atoms with Crippen LogP contribution in [0.5, 0.6) is 0 Å². The molecule has 0 spiro atoms. The summed E-state index contributed by atoms with van der Waals surface area (Å²) in [5.41, 5.74) is 1.03. The smallest absolute Gasteiger partial charge is 0.234 e. The van der Waals surface area contributed by atoms with E-state index in [0.717, 1.165) is 31.5 Å². The van der Waals surface area contributed by atoms with Crippen LogP contribution < -0.4 is 5.32 Å². The second kappa shape index (κ2) is 6.89. The van der Waals surface area contributed by atoms with Crippen molar-refractivity contribution in [3.63, 3.8) is 0 Å². The lowest BCUT2D eigenvalue weighted by molar-refractivity contribution is -0.122. The molecule has 1 aliphatic rings. The molecule has 1 aliphatic heterocycles. The molecule has 4 nitrogen and oxygen atoms in total. The van der Waals surface area contributed by atoms with Gasteiger partial charge in [0, 0.05) is 24.7 Å². The number of likely N-dealkylation sites (tertiary alicyclic amines) is 1.